The van der Waals surface area contributed by atoms with Crippen LogP contribution in [0.3, 0.4) is 0 Å². The van der Waals surface area contributed by atoms with Crippen LogP contribution >= 0.6 is 0 Å². The van der Waals surface area contributed by atoms with Crippen molar-refractivity contribution in [2.75, 3.05) is 20.0 Å². The van der Waals surface area contributed by atoms with Crippen molar-refractivity contribution < 1.29 is 33.3 Å². The third kappa shape index (κ3) is 4.59. The van der Waals surface area contributed by atoms with E-state index in [1.807, 2.05) is 32.0 Å². The Kier molecular flexibility index (Phi) is 5.39. The third-order valence-electron chi connectivity index (χ3n) is 4.69. The minimum absolute atomic E-state index is 0.193. The molecular formula is C22H23NO7. The molecule has 0 aromatic heterocycles. The lowest BCUT2D eigenvalue weighted by atomic mass is 10.0. The van der Waals surface area contributed by atoms with Gasteiger partial charge in [0.1, 0.15) is 5.60 Å². The smallest absolute Gasteiger partial charge is 0.344 e. The summed E-state index contributed by atoms with van der Waals surface area (Å²) < 4.78 is 27.0. The van der Waals surface area contributed by atoms with Crippen molar-refractivity contribution in [3.8, 4) is 23.0 Å². The molecule has 0 atom stereocenters. The molecule has 0 bridgehead atoms. The number of carbonyl (C=O) groups excluding carboxylic acids is 2. The van der Waals surface area contributed by atoms with Crippen molar-refractivity contribution in [2.45, 2.75) is 32.4 Å². The molecule has 2 aromatic rings. The fourth-order valence-corrected chi connectivity index (χ4v) is 3.33. The number of esters is 1. The lowest BCUT2D eigenvalue weighted by Crippen LogP contribution is -2.29. The van der Waals surface area contributed by atoms with E-state index in [-0.39, 0.29) is 32.2 Å². The first-order chi connectivity index (χ1) is 14.4. The molecule has 0 unspecified atom stereocenters. The highest BCUT2D eigenvalue weighted by Gasteiger charge is 2.32. The molecule has 2 aromatic carbocycles. The van der Waals surface area contributed by atoms with E-state index in [1.54, 1.807) is 18.2 Å². The largest absolute Gasteiger partial charge is 0.483 e. The van der Waals surface area contributed by atoms with Crippen LogP contribution in [-0.4, -0.2) is 37.5 Å². The molecule has 0 radical (unpaired) electrons. The number of fused-ring (bicyclic) bond motifs is 2. The third-order valence-corrected chi connectivity index (χ3v) is 4.69. The van der Waals surface area contributed by atoms with Gasteiger partial charge in [-0.05, 0) is 37.6 Å². The first kappa shape index (κ1) is 19.9. The van der Waals surface area contributed by atoms with Crippen molar-refractivity contribution in [1.29, 1.82) is 0 Å². The molecule has 0 saturated carbocycles. The Morgan fingerprint density at radius 1 is 1.10 bits per heavy atom. The number of ether oxygens (including phenoxy) is 5. The van der Waals surface area contributed by atoms with Gasteiger partial charge in [-0.15, -0.1) is 0 Å². The number of nitrogens with one attached hydrogen (secondary N) is 1. The van der Waals surface area contributed by atoms with Crippen LogP contribution in [0.5, 0.6) is 23.0 Å². The molecule has 4 rings (SSSR count). The van der Waals surface area contributed by atoms with Crippen LogP contribution in [0.1, 0.15) is 25.0 Å². The van der Waals surface area contributed by atoms with Gasteiger partial charge in [-0.1, -0.05) is 18.2 Å². The maximum atomic E-state index is 12.0. The summed E-state index contributed by atoms with van der Waals surface area (Å²) in [4.78, 5) is 23.9. The molecule has 2 aliphatic rings. The van der Waals surface area contributed by atoms with E-state index < -0.39 is 11.9 Å². The molecule has 2 aliphatic heterocycles. The number of hydrogen-bond acceptors (Lipinski definition) is 7. The molecule has 158 valence electrons. The molecule has 1 amide bonds. The van der Waals surface area contributed by atoms with Crippen molar-refractivity contribution >= 4 is 11.9 Å². The average molecular weight is 413 g/mol. The standard InChI is InChI=1S/C22H23NO7/c1-22(2)9-15-4-3-5-17(21(15)30-22)26-12-20(25)27-11-19(24)23-10-14-6-7-16-18(8-14)29-13-28-16/h3-8H,9-13H2,1-2H3,(H,23,24). The molecule has 0 fully saturated rings. The second-order valence-electron chi connectivity index (χ2n) is 7.70. The van der Waals surface area contributed by atoms with Crippen molar-refractivity contribution in [1.82, 2.24) is 5.32 Å². The Morgan fingerprint density at radius 2 is 1.93 bits per heavy atom. The highest BCUT2D eigenvalue weighted by Crippen LogP contribution is 2.41. The monoisotopic (exact) mass is 413 g/mol. The second kappa shape index (κ2) is 8.14. The van der Waals surface area contributed by atoms with E-state index in [2.05, 4.69) is 5.32 Å². The SMILES string of the molecule is CC1(C)Cc2cccc(OCC(=O)OCC(=O)NCc3ccc4c(c3)OCO4)c2O1. The zero-order valence-electron chi connectivity index (χ0n) is 16.9. The number of rotatable bonds is 7. The molecule has 30 heavy (non-hydrogen) atoms. The van der Waals surface area contributed by atoms with Gasteiger partial charge in [0.05, 0.1) is 0 Å². The Balaban J connectivity index is 1.20. The van der Waals surface area contributed by atoms with Gasteiger partial charge in [0.25, 0.3) is 5.91 Å². The molecule has 1 N–H and O–H groups in total. The maximum absolute atomic E-state index is 12.0. The molecule has 0 aliphatic carbocycles. The van der Waals surface area contributed by atoms with Crippen LogP contribution in [0.4, 0.5) is 0 Å². The van der Waals surface area contributed by atoms with Gasteiger partial charge >= 0.3 is 5.97 Å². The molecule has 8 nitrogen and oxygen atoms in total. The van der Waals surface area contributed by atoms with E-state index in [0.29, 0.717) is 23.0 Å². The molecule has 8 heteroatoms. The number of para-hydroxylation sites is 1. The lowest BCUT2D eigenvalue weighted by molar-refractivity contribution is -0.150. The lowest BCUT2D eigenvalue weighted by Gasteiger charge is -2.18. The average Bonchev–Trinajstić information content (AvgIpc) is 3.31. The van der Waals surface area contributed by atoms with Crippen LogP contribution in [0.2, 0.25) is 0 Å². The summed E-state index contributed by atoms with van der Waals surface area (Å²) in [5.74, 6) is 1.41. The fraction of sp³-hybridized carbons (Fsp3) is 0.364. The fourth-order valence-electron chi connectivity index (χ4n) is 3.33. The molecule has 0 spiro atoms. The number of hydrogen-bond donors (Lipinski definition) is 1. The Hall–Kier alpha value is -3.42. The van der Waals surface area contributed by atoms with E-state index >= 15 is 0 Å². The van der Waals surface area contributed by atoms with E-state index in [4.69, 9.17) is 23.7 Å². The summed E-state index contributed by atoms with van der Waals surface area (Å²) in [6, 6.07) is 11.0. The van der Waals surface area contributed by atoms with Gasteiger partial charge in [0, 0.05) is 18.5 Å². The van der Waals surface area contributed by atoms with E-state index in [1.165, 1.54) is 0 Å². The normalized spacial score (nSPS) is 15.1. The van der Waals surface area contributed by atoms with Crippen molar-refractivity contribution in [3.63, 3.8) is 0 Å². The van der Waals surface area contributed by atoms with Crippen molar-refractivity contribution in [3.05, 3.63) is 47.5 Å². The zero-order valence-corrected chi connectivity index (χ0v) is 16.9. The number of carbonyl (C=O) groups is 2. The summed E-state index contributed by atoms with van der Waals surface area (Å²) in [6.45, 7) is 3.77. The Labute approximate surface area is 174 Å². The number of amides is 1. The zero-order chi connectivity index (χ0) is 21.1. The summed E-state index contributed by atoms with van der Waals surface area (Å²) in [5.41, 5.74) is 1.58. The quantitative estimate of drug-likeness (QED) is 0.697. The van der Waals surface area contributed by atoms with E-state index in [9.17, 15) is 9.59 Å². The summed E-state index contributed by atoms with van der Waals surface area (Å²) in [7, 11) is 0. The minimum Gasteiger partial charge on any atom is -0.483 e. The molecule has 0 saturated heterocycles. The van der Waals surface area contributed by atoms with Crippen LogP contribution in [0.15, 0.2) is 36.4 Å². The highest BCUT2D eigenvalue weighted by atomic mass is 16.7. The predicted octanol–water partition coefficient (Wildman–Crippen LogP) is 2.37. The highest BCUT2D eigenvalue weighted by molar-refractivity contribution is 5.81. The first-order valence-corrected chi connectivity index (χ1v) is 9.64. The second-order valence-corrected chi connectivity index (χ2v) is 7.70. The van der Waals surface area contributed by atoms with Crippen molar-refractivity contribution in [2.24, 2.45) is 0 Å². The summed E-state index contributed by atoms with van der Waals surface area (Å²) in [5, 5.41) is 2.69. The van der Waals surface area contributed by atoms with Crippen LogP contribution in [0, 0.1) is 0 Å². The summed E-state index contributed by atoms with van der Waals surface area (Å²) >= 11 is 0. The van der Waals surface area contributed by atoms with Gasteiger partial charge in [0.2, 0.25) is 6.79 Å². The summed E-state index contributed by atoms with van der Waals surface area (Å²) in [6.07, 6.45) is 0.771. The topological polar surface area (TPSA) is 92.3 Å². The molecular weight excluding hydrogens is 390 g/mol. The maximum Gasteiger partial charge on any atom is 0.344 e. The van der Waals surface area contributed by atoms with Gasteiger partial charge in [-0.2, -0.15) is 0 Å². The van der Waals surface area contributed by atoms with Gasteiger partial charge in [-0.3, -0.25) is 4.79 Å². The minimum atomic E-state index is -0.636. The number of benzene rings is 2. The Bertz CT molecular complexity index is 970. The van der Waals surface area contributed by atoms with Crippen LogP contribution < -0.4 is 24.3 Å². The van der Waals surface area contributed by atoms with E-state index in [0.717, 1.165) is 17.5 Å². The Morgan fingerprint density at radius 3 is 2.80 bits per heavy atom. The first-order valence-electron chi connectivity index (χ1n) is 9.64. The van der Waals surface area contributed by atoms with Crippen LogP contribution in [-0.2, 0) is 27.3 Å². The molecule has 2 heterocycles. The van der Waals surface area contributed by atoms with Gasteiger partial charge in [0.15, 0.2) is 36.2 Å². The van der Waals surface area contributed by atoms with Crippen LogP contribution in [0.25, 0.3) is 0 Å². The predicted molar refractivity (Wildman–Crippen MR) is 106 cm³/mol. The van der Waals surface area contributed by atoms with Gasteiger partial charge in [-0.25, -0.2) is 4.79 Å². The van der Waals surface area contributed by atoms with Gasteiger partial charge < -0.3 is 29.0 Å².